The van der Waals surface area contributed by atoms with Crippen LogP contribution in [0.3, 0.4) is 0 Å². The second-order valence-corrected chi connectivity index (χ2v) is 7.34. The molecule has 0 saturated carbocycles. The van der Waals surface area contributed by atoms with Crippen molar-refractivity contribution in [2.45, 2.75) is 46.3 Å². The third kappa shape index (κ3) is 5.11. The Labute approximate surface area is 174 Å². The van der Waals surface area contributed by atoms with E-state index < -0.39 is 5.91 Å². The summed E-state index contributed by atoms with van der Waals surface area (Å²) < 4.78 is 6.94. The van der Waals surface area contributed by atoms with Gasteiger partial charge < -0.3 is 20.3 Å². The smallest absolute Gasteiger partial charge is 0.246 e. The van der Waals surface area contributed by atoms with E-state index in [4.69, 9.17) is 10.00 Å². The largest absolute Gasteiger partial charge is 0.508 e. The van der Waals surface area contributed by atoms with Crippen LogP contribution >= 0.6 is 0 Å². The van der Waals surface area contributed by atoms with Crippen LogP contribution in [0.4, 0.5) is 5.95 Å². The fraction of sp³-hybridized carbons (Fsp3) is 0.333. The van der Waals surface area contributed by atoms with Gasteiger partial charge in [-0.3, -0.25) is 4.68 Å². The van der Waals surface area contributed by atoms with Gasteiger partial charge in [-0.1, -0.05) is 0 Å². The van der Waals surface area contributed by atoms with Gasteiger partial charge in [0.05, 0.1) is 17.9 Å². The van der Waals surface area contributed by atoms with Crippen LogP contribution in [0, 0.1) is 18.3 Å². The second kappa shape index (κ2) is 8.49. The molecule has 0 amide bonds. The number of phenols is 1. The van der Waals surface area contributed by atoms with Crippen molar-refractivity contribution < 1.29 is 14.9 Å². The number of hydrogen-bond donors (Lipinski definition) is 3. The number of benzene rings is 1. The summed E-state index contributed by atoms with van der Waals surface area (Å²) in [6, 6.07) is 8.92. The zero-order valence-electron chi connectivity index (χ0n) is 17.3. The number of rotatable bonds is 7. The van der Waals surface area contributed by atoms with Gasteiger partial charge in [-0.2, -0.15) is 10.4 Å². The minimum atomic E-state index is -1.65. The van der Waals surface area contributed by atoms with E-state index in [9.17, 15) is 10.2 Å². The van der Waals surface area contributed by atoms with E-state index in [0.717, 1.165) is 5.56 Å². The van der Waals surface area contributed by atoms with Crippen molar-refractivity contribution in [3.8, 4) is 34.3 Å². The minimum Gasteiger partial charge on any atom is -0.508 e. The number of hydrogen-bond acceptors (Lipinski definition) is 8. The number of aromatic nitrogens is 4. The zero-order chi connectivity index (χ0) is 21.9. The SMILES string of the molecule is Cc1cc(O)cc(-c2nn(CC#N)cc2-c2ccnc(NC(C)(O)OC(C)C)n2)c1. The maximum atomic E-state index is 10.4. The molecule has 1 atom stereocenters. The third-order valence-corrected chi connectivity index (χ3v) is 4.07. The van der Waals surface area contributed by atoms with Crippen molar-refractivity contribution in [2.75, 3.05) is 5.32 Å². The highest BCUT2D eigenvalue weighted by atomic mass is 16.6. The predicted octanol–water partition coefficient (Wildman–Crippen LogP) is 3.05. The first kappa shape index (κ1) is 21.2. The van der Waals surface area contributed by atoms with Crippen LogP contribution in [0.25, 0.3) is 22.5 Å². The molecular weight excluding hydrogens is 384 g/mol. The Bertz CT molecular complexity index is 1060. The van der Waals surface area contributed by atoms with Gasteiger partial charge in [-0.15, -0.1) is 0 Å². The fourth-order valence-electron chi connectivity index (χ4n) is 3.14. The van der Waals surface area contributed by atoms with Gasteiger partial charge in [0.15, 0.2) is 0 Å². The number of nitrogens with one attached hydrogen (secondary N) is 1. The van der Waals surface area contributed by atoms with Gasteiger partial charge in [-0.05, 0) is 50.6 Å². The van der Waals surface area contributed by atoms with E-state index in [2.05, 4.69) is 26.5 Å². The molecule has 2 aromatic heterocycles. The van der Waals surface area contributed by atoms with Gasteiger partial charge in [0.2, 0.25) is 11.9 Å². The molecule has 3 aromatic rings. The highest BCUT2D eigenvalue weighted by molar-refractivity contribution is 5.79. The Hall–Kier alpha value is -3.48. The summed E-state index contributed by atoms with van der Waals surface area (Å²) in [4.78, 5) is 8.63. The van der Waals surface area contributed by atoms with Gasteiger partial charge in [0.25, 0.3) is 0 Å². The molecule has 0 aliphatic carbocycles. The molecule has 30 heavy (non-hydrogen) atoms. The van der Waals surface area contributed by atoms with E-state index in [0.29, 0.717) is 22.5 Å². The maximum Gasteiger partial charge on any atom is 0.246 e. The van der Waals surface area contributed by atoms with E-state index >= 15 is 0 Å². The molecule has 0 bridgehead atoms. The van der Waals surface area contributed by atoms with Crippen LogP contribution in [0.15, 0.2) is 36.7 Å². The highest BCUT2D eigenvalue weighted by Gasteiger charge is 2.24. The summed E-state index contributed by atoms with van der Waals surface area (Å²) in [5.74, 6) is -1.36. The van der Waals surface area contributed by atoms with Crippen LogP contribution < -0.4 is 5.32 Å². The van der Waals surface area contributed by atoms with Crippen molar-refractivity contribution in [3.05, 3.63) is 42.2 Å². The minimum absolute atomic E-state index is 0.0674. The maximum absolute atomic E-state index is 10.4. The van der Waals surface area contributed by atoms with E-state index in [1.54, 1.807) is 44.4 Å². The molecule has 3 N–H and O–H groups in total. The van der Waals surface area contributed by atoms with E-state index in [-0.39, 0.29) is 24.3 Å². The van der Waals surface area contributed by atoms with Crippen LogP contribution in [0.2, 0.25) is 0 Å². The normalized spacial score (nSPS) is 13.1. The number of nitrogens with zero attached hydrogens (tertiary/aromatic N) is 5. The molecule has 1 aromatic carbocycles. The Morgan fingerprint density at radius 2 is 2.10 bits per heavy atom. The third-order valence-electron chi connectivity index (χ3n) is 4.07. The summed E-state index contributed by atoms with van der Waals surface area (Å²) in [7, 11) is 0. The lowest BCUT2D eigenvalue weighted by Crippen LogP contribution is -2.40. The molecule has 0 fully saturated rings. The summed E-state index contributed by atoms with van der Waals surface area (Å²) in [6.07, 6.45) is 3.06. The summed E-state index contributed by atoms with van der Waals surface area (Å²) >= 11 is 0. The summed E-state index contributed by atoms with van der Waals surface area (Å²) in [5.41, 5.74) is 3.33. The van der Waals surface area contributed by atoms with E-state index in [1.165, 1.54) is 11.6 Å². The van der Waals surface area contributed by atoms with Crippen molar-refractivity contribution in [1.82, 2.24) is 19.7 Å². The molecule has 156 valence electrons. The highest BCUT2D eigenvalue weighted by Crippen LogP contribution is 2.33. The van der Waals surface area contributed by atoms with Crippen LogP contribution in [-0.2, 0) is 11.3 Å². The fourth-order valence-corrected chi connectivity index (χ4v) is 3.14. The number of aliphatic hydroxyl groups is 1. The molecule has 0 aliphatic rings. The van der Waals surface area contributed by atoms with Crippen molar-refractivity contribution in [1.29, 1.82) is 5.26 Å². The molecule has 0 saturated heterocycles. The summed E-state index contributed by atoms with van der Waals surface area (Å²) in [6.45, 7) is 7.02. The van der Waals surface area contributed by atoms with Gasteiger partial charge in [0, 0.05) is 30.4 Å². The van der Waals surface area contributed by atoms with Gasteiger partial charge >= 0.3 is 0 Å². The lowest BCUT2D eigenvalue weighted by atomic mass is 10.0. The topological polar surface area (TPSA) is 129 Å². The monoisotopic (exact) mass is 408 g/mol. The number of nitriles is 1. The number of aryl methyl sites for hydroxylation is 1. The molecule has 3 rings (SSSR count). The van der Waals surface area contributed by atoms with Crippen molar-refractivity contribution >= 4 is 5.95 Å². The molecular formula is C21H24N6O3. The molecule has 0 aliphatic heterocycles. The molecule has 2 heterocycles. The first-order valence-corrected chi connectivity index (χ1v) is 9.44. The van der Waals surface area contributed by atoms with Crippen molar-refractivity contribution in [2.24, 2.45) is 0 Å². The quantitative estimate of drug-likeness (QED) is 0.509. The number of anilines is 1. The Morgan fingerprint density at radius 3 is 2.77 bits per heavy atom. The number of phenolic OH excluding ortho intramolecular Hbond substituents is 1. The average molecular weight is 408 g/mol. The Balaban J connectivity index is 2.04. The number of ether oxygens (including phenoxy) is 1. The predicted molar refractivity (Wildman–Crippen MR) is 111 cm³/mol. The van der Waals surface area contributed by atoms with Gasteiger partial charge in [0.1, 0.15) is 18.0 Å². The van der Waals surface area contributed by atoms with Crippen LogP contribution in [-0.4, -0.2) is 42.0 Å². The first-order valence-electron chi connectivity index (χ1n) is 9.44. The second-order valence-electron chi connectivity index (χ2n) is 7.34. The first-order chi connectivity index (χ1) is 14.2. The molecule has 9 heteroatoms. The molecule has 9 nitrogen and oxygen atoms in total. The average Bonchev–Trinajstić information content (AvgIpc) is 3.04. The molecule has 1 unspecified atom stereocenters. The number of aromatic hydroxyl groups is 1. The van der Waals surface area contributed by atoms with Gasteiger partial charge in [-0.25, -0.2) is 9.97 Å². The molecule has 0 spiro atoms. The zero-order valence-corrected chi connectivity index (χ0v) is 17.3. The van der Waals surface area contributed by atoms with Crippen LogP contribution in [0.5, 0.6) is 5.75 Å². The summed E-state index contributed by atoms with van der Waals surface area (Å²) in [5, 5.41) is 36.7. The Kier molecular flexibility index (Phi) is 6.01. The van der Waals surface area contributed by atoms with Crippen LogP contribution in [0.1, 0.15) is 26.3 Å². The van der Waals surface area contributed by atoms with E-state index in [1.807, 2.05) is 13.0 Å². The molecule has 0 radical (unpaired) electrons. The van der Waals surface area contributed by atoms with Crippen molar-refractivity contribution in [3.63, 3.8) is 0 Å². The Morgan fingerprint density at radius 1 is 1.33 bits per heavy atom. The lowest BCUT2D eigenvalue weighted by molar-refractivity contribution is -0.190. The lowest BCUT2D eigenvalue weighted by Gasteiger charge is -2.26. The standard InChI is InChI=1S/C21H24N6O3/c1-13(2)30-21(4,29)25-20-23-7-5-18(24-20)17-12-27(8-6-22)26-19(17)15-9-14(3)10-16(28)11-15/h5,7,9-13,28-29H,8H2,1-4H3,(H,23,24,25).